The number of hydrogen-bond acceptors (Lipinski definition) is 3. The van der Waals surface area contributed by atoms with Crippen LogP contribution in [0.1, 0.15) is 22.3 Å². The van der Waals surface area contributed by atoms with Gasteiger partial charge in [0.25, 0.3) is 0 Å². The molecule has 0 amide bonds. The minimum absolute atomic E-state index is 0.970. The third-order valence-electron chi connectivity index (χ3n) is 3.34. The van der Waals surface area contributed by atoms with E-state index < -0.39 is 0 Å². The molecule has 2 rings (SSSR count). The summed E-state index contributed by atoms with van der Waals surface area (Å²) in [5.74, 6) is 0. The van der Waals surface area contributed by atoms with E-state index in [0.717, 1.165) is 10.8 Å². The number of anilines is 1. The molecule has 0 radical (unpaired) electrons. The maximum absolute atomic E-state index is 4.61. The van der Waals surface area contributed by atoms with E-state index in [1.54, 1.807) is 11.3 Å². The topological polar surface area (TPSA) is 24.9 Å². The van der Waals surface area contributed by atoms with E-state index in [1.807, 2.05) is 7.05 Å². The van der Waals surface area contributed by atoms with Crippen LogP contribution >= 0.6 is 11.3 Å². The standard InChI is InChI=1S/C14H18N2S/c1-8-6-9(2)11(4)13(10(8)3)12-7-17-14(15-5)16-12/h6-7H,1-5H3,(H,15,16). The highest BCUT2D eigenvalue weighted by Crippen LogP contribution is 2.33. The molecule has 0 bridgehead atoms. The summed E-state index contributed by atoms with van der Waals surface area (Å²) in [6.45, 7) is 8.68. The largest absolute Gasteiger partial charge is 0.365 e. The monoisotopic (exact) mass is 246 g/mol. The Bertz CT molecular complexity index is 529. The molecule has 0 aliphatic rings. The molecule has 2 aromatic rings. The van der Waals surface area contributed by atoms with Crippen molar-refractivity contribution in [3.05, 3.63) is 33.7 Å². The van der Waals surface area contributed by atoms with Gasteiger partial charge in [-0.05, 0) is 49.9 Å². The Balaban J connectivity index is 2.65. The van der Waals surface area contributed by atoms with Crippen molar-refractivity contribution in [3.63, 3.8) is 0 Å². The number of nitrogens with zero attached hydrogens (tertiary/aromatic N) is 1. The van der Waals surface area contributed by atoms with Crippen molar-refractivity contribution in [2.45, 2.75) is 27.7 Å². The predicted molar refractivity (Wildman–Crippen MR) is 76.0 cm³/mol. The smallest absolute Gasteiger partial charge is 0.182 e. The average Bonchev–Trinajstić information content (AvgIpc) is 2.75. The van der Waals surface area contributed by atoms with E-state index in [0.29, 0.717) is 0 Å². The molecule has 1 aromatic heterocycles. The van der Waals surface area contributed by atoms with E-state index in [1.165, 1.54) is 27.8 Å². The van der Waals surface area contributed by atoms with Crippen LogP contribution in [0.25, 0.3) is 11.3 Å². The fourth-order valence-corrected chi connectivity index (χ4v) is 2.77. The van der Waals surface area contributed by atoms with Gasteiger partial charge in [0.05, 0.1) is 5.69 Å². The molecule has 0 aliphatic carbocycles. The lowest BCUT2D eigenvalue weighted by Crippen LogP contribution is -1.95. The molecular formula is C14H18N2S. The van der Waals surface area contributed by atoms with Gasteiger partial charge in [0.15, 0.2) is 5.13 Å². The first-order valence-corrected chi connectivity index (χ1v) is 6.63. The first-order chi connectivity index (χ1) is 8.04. The Hall–Kier alpha value is -1.35. The maximum atomic E-state index is 4.61. The molecule has 0 spiro atoms. The Morgan fingerprint density at radius 2 is 1.65 bits per heavy atom. The van der Waals surface area contributed by atoms with Crippen molar-refractivity contribution in [2.75, 3.05) is 12.4 Å². The SMILES string of the molecule is CNc1nc(-c2c(C)c(C)cc(C)c2C)cs1. The van der Waals surface area contributed by atoms with E-state index in [-0.39, 0.29) is 0 Å². The minimum atomic E-state index is 0.970. The first-order valence-electron chi connectivity index (χ1n) is 5.75. The molecule has 2 nitrogen and oxygen atoms in total. The van der Waals surface area contributed by atoms with E-state index >= 15 is 0 Å². The van der Waals surface area contributed by atoms with Crippen LogP contribution in [0.15, 0.2) is 11.4 Å². The Labute approximate surface area is 107 Å². The molecule has 90 valence electrons. The van der Waals surface area contributed by atoms with E-state index in [2.05, 4.69) is 49.4 Å². The van der Waals surface area contributed by atoms with Gasteiger partial charge in [0.1, 0.15) is 0 Å². The second kappa shape index (κ2) is 4.49. The van der Waals surface area contributed by atoms with Gasteiger partial charge in [-0.15, -0.1) is 11.3 Å². The number of aryl methyl sites for hydroxylation is 2. The fraction of sp³-hybridized carbons (Fsp3) is 0.357. The lowest BCUT2D eigenvalue weighted by molar-refractivity contribution is 1.23. The molecule has 1 aromatic carbocycles. The maximum Gasteiger partial charge on any atom is 0.182 e. The van der Waals surface area contributed by atoms with Crippen LogP contribution in [-0.4, -0.2) is 12.0 Å². The van der Waals surface area contributed by atoms with Crippen molar-refractivity contribution in [2.24, 2.45) is 0 Å². The van der Waals surface area contributed by atoms with Crippen LogP contribution in [0.4, 0.5) is 5.13 Å². The highest BCUT2D eigenvalue weighted by molar-refractivity contribution is 7.14. The quantitative estimate of drug-likeness (QED) is 0.863. The zero-order valence-corrected chi connectivity index (χ0v) is 11.8. The molecule has 3 heteroatoms. The Morgan fingerprint density at radius 1 is 1.06 bits per heavy atom. The van der Waals surface area contributed by atoms with Crippen LogP contribution in [0, 0.1) is 27.7 Å². The normalized spacial score (nSPS) is 10.6. The van der Waals surface area contributed by atoms with Gasteiger partial charge in [-0.2, -0.15) is 0 Å². The van der Waals surface area contributed by atoms with Crippen LogP contribution in [0.3, 0.4) is 0 Å². The first kappa shape index (κ1) is 12.1. The third kappa shape index (κ3) is 2.07. The summed E-state index contributed by atoms with van der Waals surface area (Å²) in [4.78, 5) is 4.61. The zero-order chi connectivity index (χ0) is 12.6. The summed E-state index contributed by atoms with van der Waals surface area (Å²) < 4.78 is 0. The summed E-state index contributed by atoms with van der Waals surface area (Å²) in [5, 5.41) is 6.19. The van der Waals surface area contributed by atoms with Crippen molar-refractivity contribution >= 4 is 16.5 Å². The number of rotatable bonds is 2. The van der Waals surface area contributed by atoms with Crippen molar-refractivity contribution in [3.8, 4) is 11.3 Å². The molecule has 0 atom stereocenters. The van der Waals surface area contributed by atoms with Gasteiger partial charge in [0, 0.05) is 18.0 Å². The second-order valence-electron chi connectivity index (χ2n) is 4.42. The van der Waals surface area contributed by atoms with Crippen molar-refractivity contribution in [1.82, 2.24) is 4.98 Å². The van der Waals surface area contributed by atoms with Crippen molar-refractivity contribution in [1.29, 1.82) is 0 Å². The van der Waals surface area contributed by atoms with Crippen LogP contribution in [0.2, 0.25) is 0 Å². The number of aromatic nitrogens is 1. The molecule has 0 fully saturated rings. The fourth-order valence-electron chi connectivity index (χ4n) is 2.10. The molecule has 0 unspecified atom stereocenters. The summed E-state index contributed by atoms with van der Waals surface area (Å²) in [6.07, 6.45) is 0. The number of benzene rings is 1. The van der Waals surface area contributed by atoms with Crippen LogP contribution in [0.5, 0.6) is 0 Å². The molecule has 0 saturated heterocycles. The van der Waals surface area contributed by atoms with Crippen LogP contribution in [-0.2, 0) is 0 Å². The molecule has 0 saturated carbocycles. The summed E-state index contributed by atoms with van der Waals surface area (Å²) in [6, 6.07) is 2.25. The highest BCUT2D eigenvalue weighted by Gasteiger charge is 2.13. The van der Waals surface area contributed by atoms with E-state index in [9.17, 15) is 0 Å². The highest BCUT2D eigenvalue weighted by atomic mass is 32.1. The zero-order valence-electron chi connectivity index (χ0n) is 11.0. The average molecular weight is 246 g/mol. The van der Waals surface area contributed by atoms with Gasteiger partial charge in [0.2, 0.25) is 0 Å². The third-order valence-corrected chi connectivity index (χ3v) is 4.20. The summed E-state index contributed by atoms with van der Waals surface area (Å²) >= 11 is 1.65. The van der Waals surface area contributed by atoms with Crippen LogP contribution < -0.4 is 5.32 Å². The summed E-state index contributed by atoms with van der Waals surface area (Å²) in [7, 11) is 1.91. The molecular weight excluding hydrogens is 228 g/mol. The van der Waals surface area contributed by atoms with Gasteiger partial charge in [-0.1, -0.05) is 6.07 Å². The Kier molecular flexibility index (Phi) is 3.20. The lowest BCUT2D eigenvalue weighted by Gasteiger charge is -2.13. The van der Waals surface area contributed by atoms with E-state index in [4.69, 9.17) is 0 Å². The molecule has 17 heavy (non-hydrogen) atoms. The van der Waals surface area contributed by atoms with Crippen molar-refractivity contribution < 1.29 is 0 Å². The predicted octanol–water partition coefficient (Wildman–Crippen LogP) is 4.09. The summed E-state index contributed by atoms with van der Waals surface area (Å²) in [5.41, 5.74) is 7.72. The molecule has 1 N–H and O–H groups in total. The lowest BCUT2D eigenvalue weighted by atomic mass is 9.93. The van der Waals surface area contributed by atoms with Gasteiger partial charge in [-0.3, -0.25) is 0 Å². The van der Waals surface area contributed by atoms with Gasteiger partial charge < -0.3 is 5.32 Å². The number of nitrogens with one attached hydrogen (secondary N) is 1. The van der Waals surface area contributed by atoms with Gasteiger partial charge in [-0.25, -0.2) is 4.98 Å². The second-order valence-corrected chi connectivity index (χ2v) is 5.28. The minimum Gasteiger partial charge on any atom is -0.365 e. The Morgan fingerprint density at radius 3 is 2.12 bits per heavy atom. The number of thiazole rings is 1. The molecule has 1 heterocycles. The molecule has 0 aliphatic heterocycles. The number of hydrogen-bond donors (Lipinski definition) is 1. The van der Waals surface area contributed by atoms with Gasteiger partial charge >= 0.3 is 0 Å².